The quantitative estimate of drug-likeness (QED) is 0.881. The molecule has 7 heteroatoms. The average Bonchev–Trinajstić information content (AvgIpc) is 3.08. The van der Waals surface area contributed by atoms with Gasteiger partial charge in [-0.15, -0.1) is 0 Å². The second-order valence-corrected chi connectivity index (χ2v) is 8.67. The van der Waals surface area contributed by atoms with E-state index in [9.17, 15) is 13.2 Å². The van der Waals surface area contributed by atoms with E-state index in [1.54, 1.807) is 11.0 Å². The van der Waals surface area contributed by atoms with Crippen molar-refractivity contribution in [1.82, 2.24) is 9.62 Å². The molecule has 2 fully saturated rings. The first-order chi connectivity index (χ1) is 11.9. The normalized spacial score (nSPS) is 22.3. The maximum atomic E-state index is 12.6. The van der Waals surface area contributed by atoms with E-state index in [0.717, 1.165) is 24.0 Å². The predicted molar refractivity (Wildman–Crippen MR) is 94.8 cm³/mol. The summed E-state index contributed by atoms with van der Waals surface area (Å²) in [7, 11) is -3.54. The summed E-state index contributed by atoms with van der Waals surface area (Å²) in [5, 5.41) is 0. The third kappa shape index (κ3) is 4.22. The van der Waals surface area contributed by atoms with Gasteiger partial charge in [0.25, 0.3) is 5.91 Å². The van der Waals surface area contributed by atoms with Gasteiger partial charge >= 0.3 is 0 Å². The molecule has 2 heterocycles. The van der Waals surface area contributed by atoms with Crippen LogP contribution in [0.5, 0.6) is 0 Å². The van der Waals surface area contributed by atoms with Crippen molar-refractivity contribution in [2.75, 3.05) is 19.7 Å². The summed E-state index contributed by atoms with van der Waals surface area (Å²) in [4.78, 5) is 14.5. The summed E-state index contributed by atoms with van der Waals surface area (Å²) in [5.74, 6) is 0.0492. The number of hydrogen-bond acceptors (Lipinski definition) is 4. The van der Waals surface area contributed by atoms with Crippen molar-refractivity contribution in [3.05, 3.63) is 29.3 Å². The Morgan fingerprint density at radius 1 is 1.20 bits per heavy atom. The van der Waals surface area contributed by atoms with Crippen molar-refractivity contribution in [1.29, 1.82) is 0 Å². The van der Waals surface area contributed by atoms with Crippen LogP contribution >= 0.6 is 0 Å². The molecule has 0 aliphatic carbocycles. The van der Waals surface area contributed by atoms with Crippen molar-refractivity contribution in [3.8, 4) is 0 Å². The van der Waals surface area contributed by atoms with Gasteiger partial charge in [0.15, 0.2) is 0 Å². The smallest absolute Gasteiger partial charge is 0.251 e. The fourth-order valence-corrected chi connectivity index (χ4v) is 5.11. The van der Waals surface area contributed by atoms with Crippen LogP contribution in [0.2, 0.25) is 0 Å². The van der Waals surface area contributed by atoms with Crippen molar-refractivity contribution in [2.24, 2.45) is 0 Å². The van der Waals surface area contributed by atoms with Crippen molar-refractivity contribution >= 4 is 15.9 Å². The van der Waals surface area contributed by atoms with Crippen LogP contribution in [0.1, 0.15) is 36.8 Å². The van der Waals surface area contributed by atoms with Gasteiger partial charge in [-0.2, -0.15) is 0 Å². The number of sulfonamides is 1. The highest BCUT2D eigenvalue weighted by Crippen LogP contribution is 2.21. The van der Waals surface area contributed by atoms with Crippen LogP contribution < -0.4 is 4.72 Å². The summed E-state index contributed by atoms with van der Waals surface area (Å²) < 4.78 is 33.5. The number of ether oxygens (including phenoxy) is 1. The van der Waals surface area contributed by atoms with Crippen LogP contribution in [-0.2, 0) is 19.6 Å². The fraction of sp³-hybridized carbons (Fsp3) is 0.611. The average molecular weight is 366 g/mol. The Hall–Kier alpha value is -1.44. The van der Waals surface area contributed by atoms with Crippen LogP contribution in [-0.4, -0.2) is 51.1 Å². The lowest BCUT2D eigenvalue weighted by atomic mass is 10.1. The number of rotatable bonds is 4. The van der Waals surface area contributed by atoms with E-state index in [0.29, 0.717) is 37.4 Å². The second kappa shape index (κ2) is 7.43. The zero-order valence-electron chi connectivity index (χ0n) is 14.8. The lowest BCUT2D eigenvalue weighted by Crippen LogP contribution is -2.49. The molecule has 1 aromatic rings. The number of carbonyl (C=O) groups is 1. The van der Waals surface area contributed by atoms with Crippen molar-refractivity contribution < 1.29 is 17.9 Å². The van der Waals surface area contributed by atoms with E-state index >= 15 is 0 Å². The van der Waals surface area contributed by atoms with Gasteiger partial charge in [-0.25, -0.2) is 13.1 Å². The lowest BCUT2D eigenvalue weighted by molar-refractivity contribution is -0.142. The van der Waals surface area contributed by atoms with Crippen LogP contribution in [0.4, 0.5) is 0 Å². The van der Waals surface area contributed by atoms with Crippen molar-refractivity contribution in [2.45, 2.75) is 56.6 Å². The van der Waals surface area contributed by atoms with Crippen LogP contribution in [0, 0.1) is 13.8 Å². The van der Waals surface area contributed by atoms with Gasteiger partial charge in [-0.05, 0) is 51.2 Å². The van der Waals surface area contributed by atoms with Gasteiger partial charge in [0.2, 0.25) is 10.0 Å². The van der Waals surface area contributed by atoms with E-state index < -0.39 is 10.0 Å². The molecule has 2 saturated heterocycles. The Kier molecular flexibility index (Phi) is 5.46. The molecule has 138 valence electrons. The summed E-state index contributed by atoms with van der Waals surface area (Å²) in [6.07, 6.45) is 2.68. The van der Waals surface area contributed by atoms with E-state index in [1.807, 2.05) is 26.0 Å². The number of aryl methyl sites for hydroxylation is 2. The minimum Gasteiger partial charge on any atom is -0.368 e. The zero-order chi connectivity index (χ0) is 18.0. The first-order valence-corrected chi connectivity index (χ1v) is 10.3. The molecule has 0 spiro atoms. The standard InChI is InChI=1S/C18H26N2O4S/c1-13-5-6-17(14(2)12-13)25(22,23)19-15-7-9-20(10-8-15)18(21)16-4-3-11-24-16/h5-6,12,15-16,19H,3-4,7-11H2,1-2H3. The number of carbonyl (C=O) groups excluding carboxylic acids is 1. The molecule has 2 aliphatic rings. The molecule has 1 N–H and O–H groups in total. The van der Waals surface area contributed by atoms with E-state index in [2.05, 4.69) is 4.72 Å². The first kappa shape index (κ1) is 18.4. The number of hydrogen-bond donors (Lipinski definition) is 1. The van der Waals surface area contributed by atoms with E-state index in [1.165, 1.54) is 0 Å². The van der Waals surface area contributed by atoms with E-state index in [4.69, 9.17) is 4.74 Å². The van der Waals surface area contributed by atoms with Gasteiger partial charge < -0.3 is 9.64 Å². The largest absolute Gasteiger partial charge is 0.368 e. The lowest BCUT2D eigenvalue weighted by Gasteiger charge is -2.33. The summed E-state index contributed by atoms with van der Waals surface area (Å²) in [5.41, 5.74) is 1.79. The topological polar surface area (TPSA) is 75.7 Å². The SMILES string of the molecule is Cc1ccc(S(=O)(=O)NC2CCN(C(=O)C3CCCO3)CC2)c(C)c1. The first-order valence-electron chi connectivity index (χ1n) is 8.87. The summed E-state index contributed by atoms with van der Waals surface area (Å²) >= 11 is 0. The van der Waals surface area contributed by atoms with Gasteiger partial charge in [0.05, 0.1) is 4.90 Å². The predicted octanol–water partition coefficient (Wildman–Crippen LogP) is 1.75. The molecule has 1 unspecified atom stereocenters. The number of likely N-dealkylation sites (tertiary alicyclic amines) is 1. The second-order valence-electron chi connectivity index (χ2n) is 6.99. The number of benzene rings is 1. The Morgan fingerprint density at radius 2 is 1.92 bits per heavy atom. The molecule has 1 amide bonds. The monoisotopic (exact) mass is 366 g/mol. The highest BCUT2D eigenvalue weighted by atomic mass is 32.2. The zero-order valence-corrected chi connectivity index (χ0v) is 15.6. The maximum Gasteiger partial charge on any atom is 0.251 e. The Labute approximate surface area is 149 Å². The number of piperidine rings is 1. The number of nitrogens with one attached hydrogen (secondary N) is 1. The molecule has 0 saturated carbocycles. The third-order valence-electron chi connectivity index (χ3n) is 4.95. The van der Waals surface area contributed by atoms with Gasteiger partial charge in [-0.3, -0.25) is 4.79 Å². The van der Waals surface area contributed by atoms with Gasteiger partial charge in [0.1, 0.15) is 6.10 Å². The molecular formula is C18H26N2O4S. The Bertz CT molecular complexity index is 733. The molecule has 0 aromatic heterocycles. The van der Waals surface area contributed by atoms with Gasteiger partial charge in [0, 0.05) is 25.7 Å². The minimum absolute atomic E-state index is 0.0492. The van der Waals surface area contributed by atoms with Crippen LogP contribution in [0.15, 0.2) is 23.1 Å². The molecule has 2 aliphatic heterocycles. The van der Waals surface area contributed by atoms with Crippen LogP contribution in [0.25, 0.3) is 0 Å². The third-order valence-corrected chi connectivity index (χ3v) is 6.63. The molecular weight excluding hydrogens is 340 g/mol. The fourth-order valence-electron chi connectivity index (χ4n) is 3.58. The Morgan fingerprint density at radius 3 is 2.52 bits per heavy atom. The molecule has 25 heavy (non-hydrogen) atoms. The molecule has 6 nitrogen and oxygen atoms in total. The van der Waals surface area contributed by atoms with Crippen LogP contribution in [0.3, 0.4) is 0 Å². The molecule has 0 radical (unpaired) electrons. The molecule has 3 rings (SSSR count). The number of amides is 1. The van der Waals surface area contributed by atoms with Gasteiger partial charge in [-0.1, -0.05) is 17.7 Å². The maximum absolute atomic E-state index is 12.6. The summed E-state index contributed by atoms with van der Waals surface area (Å²) in [6.45, 7) is 5.54. The minimum atomic E-state index is -3.54. The highest BCUT2D eigenvalue weighted by molar-refractivity contribution is 7.89. The molecule has 1 atom stereocenters. The highest BCUT2D eigenvalue weighted by Gasteiger charge is 2.32. The Balaban J connectivity index is 1.58. The van der Waals surface area contributed by atoms with Crippen molar-refractivity contribution in [3.63, 3.8) is 0 Å². The summed E-state index contributed by atoms with van der Waals surface area (Å²) in [6, 6.07) is 5.20. The number of nitrogens with zero attached hydrogens (tertiary/aromatic N) is 1. The molecule has 0 bridgehead atoms. The molecule has 1 aromatic carbocycles. The van der Waals surface area contributed by atoms with E-state index in [-0.39, 0.29) is 18.1 Å².